The third-order valence-electron chi connectivity index (χ3n) is 2.84. The van der Waals surface area contributed by atoms with E-state index in [4.69, 9.17) is 14.9 Å². The van der Waals surface area contributed by atoms with Gasteiger partial charge in [-0.15, -0.1) is 0 Å². The van der Waals surface area contributed by atoms with Crippen LogP contribution in [0.25, 0.3) is 0 Å². The van der Waals surface area contributed by atoms with Crippen molar-refractivity contribution in [2.75, 3.05) is 26.3 Å². The molecule has 104 valence electrons. The topological polar surface area (TPSA) is 99.1 Å². The molecule has 2 amide bonds. The first-order valence-electron chi connectivity index (χ1n) is 5.96. The lowest BCUT2D eigenvalue weighted by molar-refractivity contribution is -0.140. The van der Waals surface area contributed by atoms with Crippen LogP contribution in [0, 0.1) is 5.92 Å². The number of amides is 2. The van der Waals surface area contributed by atoms with Crippen molar-refractivity contribution in [3.63, 3.8) is 0 Å². The van der Waals surface area contributed by atoms with E-state index in [2.05, 4.69) is 5.32 Å². The lowest BCUT2D eigenvalue weighted by Gasteiger charge is -2.33. The quantitative estimate of drug-likeness (QED) is 0.633. The van der Waals surface area contributed by atoms with Crippen molar-refractivity contribution >= 4 is 12.0 Å². The number of carboxylic acid groups (broad SMARTS) is 1. The van der Waals surface area contributed by atoms with Crippen LogP contribution in [0.3, 0.4) is 0 Å². The Kier molecular flexibility index (Phi) is 5.36. The van der Waals surface area contributed by atoms with Gasteiger partial charge in [0.15, 0.2) is 0 Å². The molecule has 2 atom stereocenters. The van der Waals surface area contributed by atoms with E-state index in [9.17, 15) is 9.59 Å². The molecular weight excluding hydrogens is 240 g/mol. The van der Waals surface area contributed by atoms with Crippen LogP contribution in [0.4, 0.5) is 4.79 Å². The summed E-state index contributed by atoms with van der Waals surface area (Å²) in [5.74, 6) is -1.24. The number of aliphatic hydroxyl groups excluding tert-OH is 1. The average Bonchev–Trinajstić information content (AvgIpc) is 2.34. The van der Waals surface area contributed by atoms with Crippen molar-refractivity contribution in [1.29, 1.82) is 0 Å². The van der Waals surface area contributed by atoms with Gasteiger partial charge >= 0.3 is 12.0 Å². The summed E-state index contributed by atoms with van der Waals surface area (Å²) in [5, 5.41) is 20.4. The normalized spacial score (nSPS) is 21.8. The first-order chi connectivity index (χ1) is 8.45. The molecule has 0 aromatic rings. The lowest BCUT2D eigenvalue weighted by atomic mass is 10.1. The maximum absolute atomic E-state index is 11.9. The third-order valence-corrected chi connectivity index (χ3v) is 2.84. The molecule has 0 aromatic heterocycles. The fourth-order valence-electron chi connectivity index (χ4n) is 1.75. The summed E-state index contributed by atoms with van der Waals surface area (Å²) in [6.07, 6.45) is -0.396. The summed E-state index contributed by atoms with van der Waals surface area (Å²) < 4.78 is 5.22. The number of rotatable bonds is 4. The summed E-state index contributed by atoms with van der Waals surface area (Å²) in [5.41, 5.74) is 0. The van der Waals surface area contributed by atoms with E-state index >= 15 is 0 Å². The zero-order valence-electron chi connectivity index (χ0n) is 10.6. The van der Waals surface area contributed by atoms with Gasteiger partial charge in [0.05, 0.1) is 25.9 Å². The second kappa shape index (κ2) is 6.55. The molecule has 1 aliphatic heterocycles. The average molecular weight is 260 g/mol. The molecule has 0 aromatic carbocycles. The maximum Gasteiger partial charge on any atom is 0.326 e. The third kappa shape index (κ3) is 3.85. The van der Waals surface area contributed by atoms with Gasteiger partial charge in [-0.1, -0.05) is 13.8 Å². The van der Waals surface area contributed by atoms with Crippen LogP contribution >= 0.6 is 0 Å². The van der Waals surface area contributed by atoms with E-state index in [1.165, 1.54) is 4.90 Å². The Balaban J connectivity index is 2.55. The molecule has 0 spiro atoms. The van der Waals surface area contributed by atoms with Crippen LogP contribution in [0.1, 0.15) is 13.8 Å². The van der Waals surface area contributed by atoms with E-state index in [1.807, 2.05) is 0 Å². The molecule has 2 unspecified atom stereocenters. The van der Waals surface area contributed by atoms with Crippen LogP contribution in [-0.2, 0) is 9.53 Å². The second-order valence-electron chi connectivity index (χ2n) is 4.63. The number of hydrogen-bond acceptors (Lipinski definition) is 4. The minimum atomic E-state index is -1.05. The zero-order chi connectivity index (χ0) is 13.7. The molecule has 0 saturated carbocycles. The minimum absolute atomic E-state index is 0.156. The highest BCUT2D eigenvalue weighted by Gasteiger charge is 2.28. The van der Waals surface area contributed by atoms with Gasteiger partial charge in [-0.05, 0) is 5.92 Å². The number of urea groups is 1. The van der Waals surface area contributed by atoms with E-state index < -0.39 is 24.1 Å². The highest BCUT2D eigenvalue weighted by atomic mass is 16.5. The zero-order valence-corrected chi connectivity index (χ0v) is 10.6. The SMILES string of the molecule is CC(C)C(NC(=O)N1CCOC(CO)C1)C(=O)O. The number of nitrogens with one attached hydrogen (secondary N) is 1. The predicted molar refractivity (Wildman–Crippen MR) is 63.2 cm³/mol. The number of carbonyl (C=O) groups is 2. The predicted octanol–water partition coefficient (Wildman–Crippen LogP) is -0.502. The van der Waals surface area contributed by atoms with Crippen LogP contribution < -0.4 is 5.32 Å². The fourth-order valence-corrected chi connectivity index (χ4v) is 1.75. The maximum atomic E-state index is 11.9. The molecule has 0 radical (unpaired) electrons. The minimum Gasteiger partial charge on any atom is -0.480 e. The Bertz CT molecular complexity index is 308. The van der Waals surface area contributed by atoms with E-state index in [-0.39, 0.29) is 19.1 Å². The Morgan fingerprint density at radius 2 is 2.17 bits per heavy atom. The molecule has 7 nitrogen and oxygen atoms in total. The van der Waals surface area contributed by atoms with Crippen LogP contribution in [0.5, 0.6) is 0 Å². The number of morpholine rings is 1. The summed E-state index contributed by atoms with van der Waals surface area (Å²) in [6, 6.07) is -1.34. The fraction of sp³-hybridized carbons (Fsp3) is 0.818. The number of ether oxygens (including phenoxy) is 1. The first-order valence-corrected chi connectivity index (χ1v) is 5.96. The molecule has 1 aliphatic rings. The van der Waals surface area contributed by atoms with Gasteiger partial charge in [0, 0.05) is 6.54 Å². The number of hydrogen-bond donors (Lipinski definition) is 3. The largest absolute Gasteiger partial charge is 0.480 e. The van der Waals surface area contributed by atoms with Gasteiger partial charge in [-0.3, -0.25) is 0 Å². The number of aliphatic hydroxyl groups is 1. The van der Waals surface area contributed by atoms with E-state index in [0.717, 1.165) is 0 Å². The molecular formula is C11H20N2O5. The Labute approximate surface area is 106 Å². The highest BCUT2D eigenvalue weighted by Crippen LogP contribution is 2.07. The molecule has 1 saturated heterocycles. The van der Waals surface area contributed by atoms with Crippen molar-refractivity contribution in [3.05, 3.63) is 0 Å². The second-order valence-corrected chi connectivity index (χ2v) is 4.63. The van der Waals surface area contributed by atoms with Crippen molar-refractivity contribution in [3.8, 4) is 0 Å². The number of carboxylic acids is 1. The molecule has 1 fully saturated rings. The molecule has 3 N–H and O–H groups in total. The van der Waals surface area contributed by atoms with Gasteiger partial charge < -0.3 is 25.2 Å². The van der Waals surface area contributed by atoms with Crippen molar-refractivity contribution in [2.45, 2.75) is 26.0 Å². The standard InChI is InChI=1S/C11H20N2O5/c1-7(2)9(10(15)16)12-11(17)13-3-4-18-8(5-13)6-14/h7-9,14H,3-6H2,1-2H3,(H,12,17)(H,15,16). The summed E-state index contributed by atoms with van der Waals surface area (Å²) >= 11 is 0. The molecule has 18 heavy (non-hydrogen) atoms. The molecule has 1 heterocycles. The number of nitrogens with zero attached hydrogens (tertiary/aromatic N) is 1. The smallest absolute Gasteiger partial charge is 0.326 e. The molecule has 0 bridgehead atoms. The number of aliphatic carboxylic acids is 1. The summed E-state index contributed by atoms with van der Waals surface area (Å²) in [6.45, 7) is 4.32. The summed E-state index contributed by atoms with van der Waals surface area (Å²) in [4.78, 5) is 24.3. The van der Waals surface area contributed by atoms with Gasteiger partial charge in [-0.2, -0.15) is 0 Å². The van der Waals surface area contributed by atoms with E-state index in [1.54, 1.807) is 13.8 Å². The van der Waals surface area contributed by atoms with Gasteiger partial charge in [0.25, 0.3) is 0 Å². The van der Waals surface area contributed by atoms with Gasteiger partial charge in [0.2, 0.25) is 0 Å². The van der Waals surface area contributed by atoms with Crippen LogP contribution in [0.2, 0.25) is 0 Å². The van der Waals surface area contributed by atoms with Gasteiger partial charge in [-0.25, -0.2) is 9.59 Å². The molecule has 7 heteroatoms. The van der Waals surface area contributed by atoms with Crippen molar-refractivity contribution < 1.29 is 24.5 Å². The number of carbonyl (C=O) groups excluding carboxylic acids is 1. The molecule has 0 aliphatic carbocycles. The van der Waals surface area contributed by atoms with Crippen LogP contribution in [-0.4, -0.2) is 65.6 Å². The Hall–Kier alpha value is -1.34. The Morgan fingerprint density at radius 1 is 1.50 bits per heavy atom. The monoisotopic (exact) mass is 260 g/mol. The lowest BCUT2D eigenvalue weighted by Crippen LogP contribution is -2.55. The Morgan fingerprint density at radius 3 is 2.67 bits per heavy atom. The summed E-state index contributed by atoms with van der Waals surface area (Å²) in [7, 11) is 0. The van der Waals surface area contributed by atoms with Crippen LogP contribution in [0.15, 0.2) is 0 Å². The first kappa shape index (κ1) is 14.7. The van der Waals surface area contributed by atoms with Crippen molar-refractivity contribution in [2.24, 2.45) is 5.92 Å². The highest BCUT2D eigenvalue weighted by molar-refractivity contribution is 5.82. The molecule has 1 rings (SSSR count). The van der Waals surface area contributed by atoms with E-state index in [0.29, 0.717) is 13.2 Å². The van der Waals surface area contributed by atoms with Gasteiger partial charge in [0.1, 0.15) is 6.04 Å². The van der Waals surface area contributed by atoms with Crippen molar-refractivity contribution in [1.82, 2.24) is 10.2 Å².